The van der Waals surface area contributed by atoms with Crippen molar-refractivity contribution in [3.8, 4) is 0 Å². The Labute approximate surface area is 226 Å². The fourth-order valence-corrected chi connectivity index (χ4v) is 7.04. The van der Waals surface area contributed by atoms with E-state index in [4.69, 9.17) is 4.98 Å². The number of pyridine rings is 1. The molecule has 2 aromatic rings. The maximum Gasteiger partial charge on any atom is 0.322 e. The number of carboxylic acids is 1. The number of aliphatic carboxylic acids is 1. The van der Waals surface area contributed by atoms with E-state index in [1.54, 1.807) is 30.9 Å². The summed E-state index contributed by atoms with van der Waals surface area (Å²) in [7, 11) is -4.11. The summed E-state index contributed by atoms with van der Waals surface area (Å²) in [4.78, 5) is 31.0. The van der Waals surface area contributed by atoms with E-state index in [0.29, 0.717) is 30.1 Å². The Hall–Kier alpha value is -2.43. The molecule has 1 aliphatic carbocycles. The van der Waals surface area contributed by atoms with Gasteiger partial charge >= 0.3 is 5.97 Å². The summed E-state index contributed by atoms with van der Waals surface area (Å²) in [5, 5.41) is 9.63. The maximum atomic E-state index is 13.0. The third-order valence-electron chi connectivity index (χ3n) is 7.20. The van der Waals surface area contributed by atoms with Gasteiger partial charge in [0.15, 0.2) is 0 Å². The van der Waals surface area contributed by atoms with E-state index in [1.165, 1.54) is 24.1 Å². The summed E-state index contributed by atoms with van der Waals surface area (Å²) in [5.74, 6) is -1.39. The quantitative estimate of drug-likeness (QED) is 0.498. The molecule has 1 atom stereocenters. The SMILES string of the molecule is Cc1cc(C)c(S(=O)(=O)N[C@@H](CC(=O)N2CC(CCc3ccc4c(n3)CCCC4)C2)C(=O)O)c(C)c1.S. The molecule has 0 unspecified atom stereocenters. The van der Waals surface area contributed by atoms with Crippen LogP contribution in [0.5, 0.6) is 0 Å². The lowest BCUT2D eigenvalue weighted by Gasteiger charge is -2.40. The molecule has 1 aliphatic heterocycles. The molecule has 1 amide bonds. The van der Waals surface area contributed by atoms with E-state index in [2.05, 4.69) is 16.9 Å². The molecule has 2 heterocycles. The summed E-state index contributed by atoms with van der Waals surface area (Å²) in [6.07, 6.45) is 5.93. The Kier molecular flexibility index (Phi) is 9.42. The normalized spacial score (nSPS) is 16.4. The lowest BCUT2D eigenvalue weighted by Crippen LogP contribution is -2.53. The van der Waals surface area contributed by atoms with Gasteiger partial charge in [0.05, 0.1) is 11.3 Å². The minimum atomic E-state index is -4.11. The van der Waals surface area contributed by atoms with Gasteiger partial charge in [0.1, 0.15) is 6.04 Å². The van der Waals surface area contributed by atoms with E-state index in [9.17, 15) is 23.1 Å². The number of amides is 1. The molecule has 37 heavy (non-hydrogen) atoms. The van der Waals surface area contributed by atoms with Gasteiger partial charge in [-0.1, -0.05) is 23.8 Å². The second-order valence-corrected chi connectivity index (χ2v) is 11.9. The van der Waals surface area contributed by atoms with Gasteiger partial charge in [-0.15, -0.1) is 0 Å². The van der Waals surface area contributed by atoms with Crippen LogP contribution in [0.1, 0.15) is 59.3 Å². The highest BCUT2D eigenvalue weighted by Crippen LogP contribution is 2.25. The molecule has 2 aliphatic rings. The molecule has 1 aromatic carbocycles. The zero-order chi connectivity index (χ0) is 26.0. The minimum absolute atomic E-state index is 0. The van der Waals surface area contributed by atoms with Crippen LogP contribution in [0.3, 0.4) is 0 Å². The van der Waals surface area contributed by atoms with Crippen molar-refractivity contribution in [1.29, 1.82) is 0 Å². The van der Waals surface area contributed by atoms with Crippen LogP contribution in [-0.2, 0) is 38.9 Å². The number of hydrogen-bond donors (Lipinski definition) is 2. The number of hydrogen-bond acceptors (Lipinski definition) is 5. The van der Waals surface area contributed by atoms with E-state index >= 15 is 0 Å². The van der Waals surface area contributed by atoms with Gasteiger partial charge in [0.25, 0.3) is 0 Å². The molecule has 2 N–H and O–H groups in total. The highest BCUT2D eigenvalue weighted by Gasteiger charge is 2.35. The maximum absolute atomic E-state index is 13.0. The van der Waals surface area contributed by atoms with Gasteiger partial charge in [-0.25, -0.2) is 8.42 Å². The van der Waals surface area contributed by atoms with E-state index in [-0.39, 0.29) is 24.3 Å². The summed E-state index contributed by atoms with van der Waals surface area (Å²) < 4.78 is 28.2. The number of carbonyl (C=O) groups excluding carboxylic acids is 1. The second kappa shape index (κ2) is 12.0. The van der Waals surface area contributed by atoms with Crippen LogP contribution in [0.15, 0.2) is 29.2 Å². The predicted molar refractivity (Wildman–Crippen MR) is 147 cm³/mol. The monoisotopic (exact) mass is 547 g/mol. The van der Waals surface area contributed by atoms with Crippen molar-refractivity contribution < 1.29 is 23.1 Å². The standard InChI is InChI=1S/C27H35N3O5S.H2S/c1-17-12-18(2)26(19(3)13-17)36(34,35)29-24(27(32)33)14-25(31)30-15-20(16-30)8-10-22-11-9-21-6-4-5-7-23(21)28-22;/h9,11-13,20,24,29H,4-8,10,14-16H2,1-3H3,(H,32,33);1H2/t24-;/m0./s1. The largest absolute Gasteiger partial charge is 0.480 e. The zero-order valence-electron chi connectivity index (χ0n) is 21.7. The smallest absolute Gasteiger partial charge is 0.322 e. The predicted octanol–water partition coefficient (Wildman–Crippen LogP) is 3.21. The second-order valence-electron chi connectivity index (χ2n) is 10.3. The first kappa shape index (κ1) is 29.1. The van der Waals surface area contributed by atoms with Crippen molar-refractivity contribution in [1.82, 2.24) is 14.6 Å². The molecule has 0 bridgehead atoms. The number of likely N-dealkylation sites (tertiary alicyclic amines) is 1. The molecule has 8 nitrogen and oxygen atoms in total. The number of fused-ring (bicyclic) bond motifs is 1. The summed E-state index contributed by atoms with van der Waals surface area (Å²) in [5.41, 5.74) is 5.67. The first-order valence-corrected chi connectivity index (χ1v) is 14.1. The molecule has 0 saturated carbocycles. The minimum Gasteiger partial charge on any atom is -0.480 e. The first-order chi connectivity index (χ1) is 17.0. The van der Waals surface area contributed by atoms with Gasteiger partial charge < -0.3 is 10.0 Å². The van der Waals surface area contributed by atoms with Crippen LogP contribution in [0, 0.1) is 26.7 Å². The van der Waals surface area contributed by atoms with Crippen LogP contribution >= 0.6 is 13.5 Å². The van der Waals surface area contributed by atoms with Gasteiger partial charge in [-0.05, 0) is 88.0 Å². The number of carbonyl (C=O) groups is 2. The molecule has 0 radical (unpaired) electrons. The number of nitrogens with zero attached hydrogens (tertiary/aromatic N) is 2. The Morgan fingerprint density at radius 2 is 1.76 bits per heavy atom. The van der Waals surface area contributed by atoms with Gasteiger partial charge in [-0.2, -0.15) is 18.2 Å². The van der Waals surface area contributed by atoms with Crippen LogP contribution in [0.25, 0.3) is 0 Å². The van der Waals surface area contributed by atoms with Crippen molar-refractivity contribution in [2.75, 3.05) is 13.1 Å². The molecule has 1 saturated heterocycles. The van der Waals surface area contributed by atoms with Crippen molar-refractivity contribution in [2.24, 2.45) is 5.92 Å². The van der Waals surface area contributed by atoms with Gasteiger partial charge in [0.2, 0.25) is 15.9 Å². The summed E-state index contributed by atoms with van der Waals surface area (Å²) in [6.45, 7) is 6.33. The van der Waals surface area contributed by atoms with Crippen LogP contribution in [0.2, 0.25) is 0 Å². The molecule has 4 rings (SSSR count). The van der Waals surface area contributed by atoms with Crippen molar-refractivity contribution in [3.63, 3.8) is 0 Å². The third-order valence-corrected chi connectivity index (χ3v) is 8.98. The Morgan fingerprint density at radius 1 is 1.11 bits per heavy atom. The Morgan fingerprint density at radius 3 is 2.41 bits per heavy atom. The van der Waals surface area contributed by atoms with E-state index in [1.807, 2.05) is 6.92 Å². The molecule has 202 valence electrons. The van der Waals surface area contributed by atoms with E-state index < -0.39 is 28.5 Å². The van der Waals surface area contributed by atoms with Crippen molar-refractivity contribution in [2.45, 2.75) is 76.7 Å². The lowest BCUT2D eigenvalue weighted by molar-refractivity contribution is -0.145. The van der Waals surface area contributed by atoms with Gasteiger partial charge in [-0.3, -0.25) is 14.6 Å². The average molecular weight is 548 g/mol. The molecule has 0 spiro atoms. The lowest BCUT2D eigenvalue weighted by atomic mass is 9.92. The summed E-state index contributed by atoms with van der Waals surface area (Å²) >= 11 is 0. The first-order valence-electron chi connectivity index (χ1n) is 12.6. The van der Waals surface area contributed by atoms with Gasteiger partial charge in [0, 0.05) is 24.5 Å². The number of aryl methyl sites for hydroxylation is 6. The molecule has 1 aromatic heterocycles. The average Bonchev–Trinajstić information content (AvgIpc) is 2.76. The number of sulfonamides is 1. The number of rotatable bonds is 9. The zero-order valence-corrected chi connectivity index (χ0v) is 23.5. The highest BCUT2D eigenvalue weighted by molar-refractivity contribution is 7.89. The van der Waals surface area contributed by atoms with E-state index in [0.717, 1.165) is 36.9 Å². The number of carboxylic acid groups (broad SMARTS) is 1. The number of aromatic nitrogens is 1. The Balaban J connectivity index is 0.00000380. The third kappa shape index (κ3) is 6.91. The van der Waals surface area contributed by atoms with Crippen LogP contribution in [-0.4, -0.2) is 54.4 Å². The molecule has 10 heteroatoms. The highest BCUT2D eigenvalue weighted by atomic mass is 32.2. The fourth-order valence-electron chi connectivity index (χ4n) is 5.39. The fraction of sp³-hybridized carbons (Fsp3) is 0.519. The van der Waals surface area contributed by atoms with Crippen LogP contribution in [0.4, 0.5) is 0 Å². The molecule has 1 fully saturated rings. The molecular weight excluding hydrogens is 510 g/mol. The van der Waals surface area contributed by atoms with Crippen molar-refractivity contribution in [3.05, 3.63) is 57.9 Å². The summed E-state index contributed by atoms with van der Waals surface area (Å²) in [6, 6.07) is 6.25. The van der Waals surface area contributed by atoms with Crippen molar-refractivity contribution >= 4 is 35.4 Å². The number of nitrogens with one attached hydrogen (secondary N) is 1. The Bertz CT molecular complexity index is 1250. The topological polar surface area (TPSA) is 117 Å². The molecular formula is C27H37N3O5S2. The number of benzene rings is 1. The van der Waals surface area contributed by atoms with Crippen LogP contribution < -0.4 is 4.72 Å².